The van der Waals surface area contributed by atoms with Gasteiger partial charge in [0.2, 0.25) is 0 Å². The Morgan fingerprint density at radius 1 is 0.289 bits per heavy atom. The van der Waals surface area contributed by atoms with Crippen LogP contribution in [0.15, 0.2) is 0 Å². The second-order valence-electron chi connectivity index (χ2n) is 11.9. The minimum atomic E-state index is -2.98. The fourth-order valence-electron chi connectivity index (χ4n) is 3.64. The molecule has 0 rings (SSSR count). The average molecular weight is 757 g/mol. The molecule has 0 unspecified atom stereocenters. The Bertz CT molecular complexity index is 623. The van der Waals surface area contributed by atoms with Crippen molar-refractivity contribution in [2.45, 2.75) is 158 Å². The van der Waals surface area contributed by atoms with E-state index in [1.165, 1.54) is 0 Å². The number of hydrogen-bond donors (Lipinski definition) is 0. The fourth-order valence-corrected chi connectivity index (χ4v) is 10.9. The minimum Gasteiger partial charge on any atom is -0.799 e. The van der Waals surface area contributed by atoms with Crippen molar-refractivity contribution in [3.63, 3.8) is 0 Å². The van der Waals surface area contributed by atoms with Gasteiger partial charge < -0.3 is 37.8 Å². The standard InChI is InChI=1S/4C8H19O2P.Ti/c4*1-3-5-7-11(9,10)8-6-4-2;/h4*3-8H2,1-2H3,(H,9,10);/q;;;;+4/p-4. The van der Waals surface area contributed by atoms with Crippen molar-refractivity contribution in [1.82, 2.24) is 0 Å². The van der Waals surface area contributed by atoms with E-state index >= 15 is 0 Å². The van der Waals surface area contributed by atoms with Gasteiger partial charge in [-0.05, 0) is 101 Å². The molecule has 0 aromatic rings. The van der Waals surface area contributed by atoms with Gasteiger partial charge in [-0.3, -0.25) is 0 Å². The van der Waals surface area contributed by atoms with Gasteiger partial charge in [-0.25, -0.2) is 0 Å². The Morgan fingerprint density at radius 3 is 0.444 bits per heavy atom. The molecule has 8 nitrogen and oxygen atoms in total. The van der Waals surface area contributed by atoms with Crippen LogP contribution in [0.25, 0.3) is 0 Å². The van der Waals surface area contributed by atoms with E-state index < -0.39 is 29.5 Å². The predicted octanol–water partition coefficient (Wildman–Crippen LogP) is 8.90. The van der Waals surface area contributed by atoms with Gasteiger partial charge in [0.25, 0.3) is 0 Å². The van der Waals surface area contributed by atoms with Crippen molar-refractivity contribution in [3.8, 4) is 0 Å². The van der Waals surface area contributed by atoms with Crippen LogP contribution in [-0.2, 0) is 40.0 Å². The van der Waals surface area contributed by atoms with E-state index in [0.29, 0.717) is 49.3 Å². The molecule has 0 aliphatic rings. The zero-order valence-corrected chi connectivity index (χ0v) is 35.7. The van der Waals surface area contributed by atoms with Crippen molar-refractivity contribution < 1.29 is 59.6 Å². The van der Waals surface area contributed by atoms with Crippen LogP contribution in [0.3, 0.4) is 0 Å². The van der Waals surface area contributed by atoms with E-state index in [4.69, 9.17) is 0 Å². The minimum absolute atomic E-state index is 0. The molecule has 0 atom stereocenters. The first-order chi connectivity index (χ1) is 20.5. The number of unbranched alkanes of at least 4 members (excludes halogenated alkanes) is 8. The van der Waals surface area contributed by atoms with Gasteiger partial charge in [-0.2, -0.15) is 0 Å². The summed E-state index contributed by atoms with van der Waals surface area (Å²) in [6, 6.07) is 0. The third-order valence-corrected chi connectivity index (χ3v) is 14.8. The van der Waals surface area contributed by atoms with E-state index in [9.17, 15) is 37.8 Å². The van der Waals surface area contributed by atoms with Gasteiger partial charge >= 0.3 is 21.7 Å². The van der Waals surface area contributed by atoms with Gasteiger partial charge in [0.1, 0.15) is 0 Å². The van der Waals surface area contributed by atoms with Crippen molar-refractivity contribution in [3.05, 3.63) is 0 Å². The Morgan fingerprint density at radius 2 is 0.378 bits per heavy atom. The van der Waals surface area contributed by atoms with Crippen molar-refractivity contribution in [1.29, 1.82) is 0 Å². The monoisotopic (exact) mass is 756 g/mol. The second-order valence-corrected chi connectivity index (χ2v) is 22.0. The summed E-state index contributed by atoms with van der Waals surface area (Å²) in [5.41, 5.74) is 0. The van der Waals surface area contributed by atoms with Crippen LogP contribution in [-0.4, -0.2) is 49.3 Å². The third-order valence-electron chi connectivity index (χ3n) is 6.82. The molecule has 45 heavy (non-hydrogen) atoms. The second kappa shape index (κ2) is 36.7. The molecular formula is C32H72O8P4Ti. The third kappa shape index (κ3) is 50.0. The molecule has 0 bridgehead atoms. The van der Waals surface area contributed by atoms with Gasteiger partial charge in [-0.1, -0.05) is 107 Å². The summed E-state index contributed by atoms with van der Waals surface area (Å²) in [5.74, 6) is 0. The molecule has 0 amide bonds. The van der Waals surface area contributed by atoms with Crippen LogP contribution in [0.2, 0.25) is 0 Å². The topological polar surface area (TPSA) is 161 Å². The first-order valence-corrected chi connectivity index (χ1v) is 25.6. The maximum Gasteiger partial charge on any atom is 4.00 e. The van der Waals surface area contributed by atoms with Crippen molar-refractivity contribution in [2.75, 3.05) is 49.3 Å². The van der Waals surface area contributed by atoms with Crippen LogP contribution in [0.4, 0.5) is 0 Å². The fraction of sp³-hybridized carbons (Fsp3) is 1.00. The molecule has 0 heterocycles. The average Bonchev–Trinajstić information content (AvgIpc) is 2.98. The summed E-state index contributed by atoms with van der Waals surface area (Å²) in [6.45, 7) is 16.1. The Kier molecular flexibility index (Phi) is 45.6. The molecule has 272 valence electrons. The molecule has 0 radical (unpaired) electrons. The Balaban J connectivity index is -0.000000157. The van der Waals surface area contributed by atoms with Gasteiger partial charge in [0.15, 0.2) is 0 Å². The zero-order chi connectivity index (χ0) is 35.0. The first-order valence-electron chi connectivity index (χ1n) is 17.6. The summed E-state index contributed by atoms with van der Waals surface area (Å²) in [4.78, 5) is 44.7. The van der Waals surface area contributed by atoms with E-state index in [2.05, 4.69) is 0 Å². The Labute approximate surface area is 295 Å². The molecule has 13 heteroatoms. The summed E-state index contributed by atoms with van der Waals surface area (Å²) in [6.07, 6.45) is 17.6. The van der Waals surface area contributed by atoms with E-state index in [-0.39, 0.29) is 21.7 Å². The smallest absolute Gasteiger partial charge is 0.799 e. The maximum absolute atomic E-state index is 11.2. The molecule has 0 N–H and O–H groups in total. The van der Waals surface area contributed by atoms with E-state index in [1.807, 2.05) is 55.4 Å². The molecular weight excluding hydrogens is 684 g/mol. The van der Waals surface area contributed by atoms with Crippen LogP contribution >= 0.6 is 29.5 Å². The predicted molar refractivity (Wildman–Crippen MR) is 189 cm³/mol. The number of rotatable bonds is 24. The number of hydrogen-bond acceptors (Lipinski definition) is 8. The van der Waals surface area contributed by atoms with Gasteiger partial charge in [0.05, 0.1) is 0 Å². The van der Waals surface area contributed by atoms with Crippen LogP contribution < -0.4 is 19.6 Å². The molecule has 0 aromatic carbocycles. The summed E-state index contributed by atoms with van der Waals surface area (Å²) < 4.78 is 44.7. The maximum atomic E-state index is 11.2. The molecule has 0 spiro atoms. The Hall–Kier alpha value is 1.47. The van der Waals surface area contributed by atoms with Crippen LogP contribution in [0.1, 0.15) is 158 Å². The molecule has 0 aliphatic heterocycles. The zero-order valence-electron chi connectivity index (χ0n) is 30.5. The van der Waals surface area contributed by atoms with Crippen LogP contribution in [0, 0.1) is 0 Å². The van der Waals surface area contributed by atoms with E-state index in [1.54, 1.807) is 0 Å². The van der Waals surface area contributed by atoms with Crippen molar-refractivity contribution >= 4 is 29.5 Å². The molecule has 0 saturated heterocycles. The largest absolute Gasteiger partial charge is 4.00 e. The van der Waals surface area contributed by atoms with Crippen molar-refractivity contribution in [2.24, 2.45) is 0 Å². The van der Waals surface area contributed by atoms with Gasteiger partial charge in [-0.15, -0.1) is 0 Å². The van der Waals surface area contributed by atoms with Gasteiger partial charge in [0, 0.05) is 29.5 Å². The summed E-state index contributed by atoms with van der Waals surface area (Å²) >= 11 is 0. The SMILES string of the molecule is CCCCP(=O)([O-])CCCC.CCCCP(=O)([O-])CCCC.CCCCP(=O)([O-])CCCC.CCCCP(=O)([O-])CCCC.[Ti+4]. The first kappa shape index (κ1) is 55.9. The van der Waals surface area contributed by atoms with Crippen LogP contribution in [0.5, 0.6) is 0 Å². The summed E-state index contributed by atoms with van der Waals surface area (Å²) in [7, 11) is -11.9. The van der Waals surface area contributed by atoms with E-state index in [0.717, 1.165) is 103 Å². The molecule has 0 aliphatic carbocycles. The quantitative estimate of drug-likeness (QED) is 0.0697. The normalized spacial score (nSPS) is 11.6. The summed E-state index contributed by atoms with van der Waals surface area (Å²) in [5, 5.41) is 0. The molecule has 0 aromatic heterocycles. The molecule has 0 saturated carbocycles. The molecule has 0 fully saturated rings.